The van der Waals surface area contributed by atoms with Gasteiger partial charge in [-0.15, -0.1) is 10.2 Å². The maximum absolute atomic E-state index is 13.8. The summed E-state index contributed by atoms with van der Waals surface area (Å²) in [6.07, 6.45) is 3.12. The molecule has 1 atom stereocenters. The van der Waals surface area contributed by atoms with Crippen LogP contribution in [0.4, 0.5) is 4.39 Å². The molecule has 0 saturated carbocycles. The summed E-state index contributed by atoms with van der Waals surface area (Å²) in [6, 6.07) is 12.3. The molecule has 1 N–H and O–H groups in total. The third-order valence-corrected chi connectivity index (χ3v) is 4.99. The minimum atomic E-state index is -0.799. The van der Waals surface area contributed by atoms with Gasteiger partial charge in [0.2, 0.25) is 0 Å². The zero-order valence-electron chi connectivity index (χ0n) is 13.9. The zero-order chi connectivity index (χ0) is 17.2. The summed E-state index contributed by atoms with van der Waals surface area (Å²) >= 11 is 0. The van der Waals surface area contributed by atoms with E-state index in [0.717, 1.165) is 37.4 Å². The van der Waals surface area contributed by atoms with Crippen molar-refractivity contribution in [1.29, 1.82) is 0 Å². The first kappa shape index (κ1) is 16.2. The van der Waals surface area contributed by atoms with E-state index in [1.807, 2.05) is 24.4 Å². The Morgan fingerprint density at radius 2 is 1.84 bits per heavy atom. The van der Waals surface area contributed by atoms with E-state index in [-0.39, 0.29) is 5.82 Å². The number of piperidine rings is 1. The quantitative estimate of drug-likeness (QED) is 0.793. The van der Waals surface area contributed by atoms with Gasteiger partial charge >= 0.3 is 0 Å². The Morgan fingerprint density at radius 3 is 2.64 bits per heavy atom. The number of β-amino-alcohol motifs (C(OH)–C–C–N with tert-alkyl or cyclic N) is 1. The fraction of sp³-hybridized carbons (Fsp3) is 0.368. The van der Waals surface area contributed by atoms with E-state index in [2.05, 4.69) is 19.5 Å². The van der Waals surface area contributed by atoms with Crippen LogP contribution in [0.5, 0.6) is 0 Å². The standard InChI is InChI=1S/C19H21FN4O/c20-16-6-2-1-5-15(16)17(25)13-23-11-8-14(9-12-23)19-22-21-18-7-3-4-10-24(18)19/h1-7,10,14,17,25H,8-9,11-13H2. The number of likely N-dealkylation sites (tertiary alicyclic amines) is 1. The van der Waals surface area contributed by atoms with E-state index in [1.54, 1.807) is 18.2 Å². The van der Waals surface area contributed by atoms with Crippen molar-refractivity contribution in [2.24, 2.45) is 0 Å². The monoisotopic (exact) mass is 340 g/mol. The highest BCUT2D eigenvalue weighted by atomic mass is 19.1. The largest absolute Gasteiger partial charge is 0.387 e. The summed E-state index contributed by atoms with van der Waals surface area (Å²) in [6.45, 7) is 2.17. The Labute approximate surface area is 145 Å². The van der Waals surface area contributed by atoms with Crippen LogP contribution in [0, 0.1) is 5.82 Å². The zero-order valence-corrected chi connectivity index (χ0v) is 13.9. The highest BCUT2D eigenvalue weighted by molar-refractivity contribution is 5.37. The number of hydrogen-bond acceptors (Lipinski definition) is 4. The van der Waals surface area contributed by atoms with E-state index in [4.69, 9.17) is 0 Å². The Hall–Kier alpha value is -2.31. The number of aromatic nitrogens is 3. The summed E-state index contributed by atoms with van der Waals surface area (Å²) < 4.78 is 15.8. The molecule has 0 aliphatic carbocycles. The highest BCUT2D eigenvalue weighted by Gasteiger charge is 2.26. The van der Waals surface area contributed by atoms with Crippen LogP contribution in [0.15, 0.2) is 48.7 Å². The van der Waals surface area contributed by atoms with Gasteiger partial charge in [0, 0.05) is 24.2 Å². The molecule has 1 aliphatic rings. The molecule has 3 aromatic rings. The molecule has 3 heterocycles. The smallest absolute Gasteiger partial charge is 0.160 e. The topological polar surface area (TPSA) is 53.7 Å². The third kappa shape index (κ3) is 3.27. The normalized spacial score (nSPS) is 17.8. The fourth-order valence-electron chi connectivity index (χ4n) is 3.60. The number of rotatable bonds is 4. The van der Waals surface area contributed by atoms with Gasteiger partial charge in [0.1, 0.15) is 11.6 Å². The molecule has 1 aliphatic heterocycles. The molecule has 1 aromatic carbocycles. The Balaban J connectivity index is 1.39. The number of fused-ring (bicyclic) bond motifs is 1. The first-order chi connectivity index (χ1) is 12.2. The Morgan fingerprint density at radius 1 is 1.08 bits per heavy atom. The molecule has 130 valence electrons. The van der Waals surface area contributed by atoms with Crippen molar-refractivity contribution < 1.29 is 9.50 Å². The lowest BCUT2D eigenvalue weighted by Gasteiger charge is -2.32. The van der Waals surface area contributed by atoms with Crippen LogP contribution in [0.3, 0.4) is 0 Å². The van der Waals surface area contributed by atoms with Crippen LogP contribution in [0.2, 0.25) is 0 Å². The number of pyridine rings is 1. The van der Waals surface area contributed by atoms with Gasteiger partial charge in [0.25, 0.3) is 0 Å². The van der Waals surface area contributed by atoms with Gasteiger partial charge in [-0.2, -0.15) is 0 Å². The lowest BCUT2D eigenvalue weighted by atomic mass is 9.95. The van der Waals surface area contributed by atoms with E-state index >= 15 is 0 Å². The average molecular weight is 340 g/mol. The van der Waals surface area contributed by atoms with Gasteiger partial charge in [-0.3, -0.25) is 4.40 Å². The first-order valence-electron chi connectivity index (χ1n) is 8.67. The summed E-state index contributed by atoms with van der Waals surface area (Å²) in [5, 5.41) is 18.9. The van der Waals surface area contributed by atoms with Crippen molar-refractivity contribution >= 4 is 5.65 Å². The van der Waals surface area contributed by atoms with Crippen molar-refractivity contribution in [3.8, 4) is 0 Å². The van der Waals surface area contributed by atoms with Gasteiger partial charge < -0.3 is 10.0 Å². The number of hydrogen-bond donors (Lipinski definition) is 1. The van der Waals surface area contributed by atoms with Crippen molar-refractivity contribution in [2.45, 2.75) is 24.9 Å². The number of aliphatic hydroxyl groups is 1. The van der Waals surface area contributed by atoms with Gasteiger partial charge in [0.15, 0.2) is 5.65 Å². The molecule has 4 rings (SSSR count). The molecule has 0 radical (unpaired) electrons. The minimum Gasteiger partial charge on any atom is -0.387 e. The summed E-state index contributed by atoms with van der Waals surface area (Å²) in [5.41, 5.74) is 1.24. The van der Waals surface area contributed by atoms with Gasteiger partial charge in [-0.05, 0) is 44.1 Å². The molecule has 1 unspecified atom stereocenters. The number of aliphatic hydroxyl groups excluding tert-OH is 1. The predicted octanol–water partition coefficient (Wildman–Crippen LogP) is 2.78. The highest BCUT2D eigenvalue weighted by Crippen LogP contribution is 2.28. The van der Waals surface area contributed by atoms with Crippen LogP contribution < -0.4 is 0 Å². The SMILES string of the molecule is OC(CN1CCC(c2nnc3ccccn23)CC1)c1ccccc1F. The van der Waals surface area contributed by atoms with E-state index in [0.29, 0.717) is 18.0 Å². The van der Waals surface area contributed by atoms with Gasteiger partial charge in [0.05, 0.1) is 6.10 Å². The molecular weight excluding hydrogens is 319 g/mol. The molecule has 0 bridgehead atoms. The molecule has 0 spiro atoms. The molecule has 25 heavy (non-hydrogen) atoms. The number of benzene rings is 1. The summed E-state index contributed by atoms with van der Waals surface area (Å²) in [7, 11) is 0. The van der Waals surface area contributed by atoms with Gasteiger partial charge in [-0.25, -0.2) is 4.39 Å². The number of nitrogens with zero attached hydrogens (tertiary/aromatic N) is 4. The molecule has 6 heteroatoms. The van der Waals surface area contributed by atoms with Crippen LogP contribution in [-0.4, -0.2) is 44.2 Å². The lowest BCUT2D eigenvalue weighted by molar-refractivity contribution is 0.0940. The van der Waals surface area contributed by atoms with Crippen molar-refractivity contribution in [3.63, 3.8) is 0 Å². The van der Waals surface area contributed by atoms with Crippen molar-refractivity contribution in [1.82, 2.24) is 19.5 Å². The van der Waals surface area contributed by atoms with Crippen LogP contribution in [-0.2, 0) is 0 Å². The predicted molar refractivity (Wildman–Crippen MR) is 92.8 cm³/mol. The molecule has 2 aromatic heterocycles. The molecular formula is C19H21FN4O. The lowest BCUT2D eigenvalue weighted by Crippen LogP contribution is -2.36. The van der Waals surface area contributed by atoms with E-state index in [1.165, 1.54) is 6.07 Å². The molecule has 5 nitrogen and oxygen atoms in total. The Bertz CT molecular complexity index is 857. The van der Waals surface area contributed by atoms with Crippen molar-refractivity contribution in [3.05, 3.63) is 65.9 Å². The van der Waals surface area contributed by atoms with Gasteiger partial charge in [-0.1, -0.05) is 24.3 Å². The second-order valence-electron chi connectivity index (χ2n) is 6.60. The summed E-state index contributed by atoms with van der Waals surface area (Å²) in [4.78, 5) is 2.19. The van der Waals surface area contributed by atoms with Crippen LogP contribution in [0.25, 0.3) is 5.65 Å². The minimum absolute atomic E-state index is 0.347. The fourth-order valence-corrected chi connectivity index (χ4v) is 3.60. The molecule has 0 amide bonds. The molecule has 1 saturated heterocycles. The summed E-state index contributed by atoms with van der Waals surface area (Å²) in [5.74, 6) is 1.02. The van der Waals surface area contributed by atoms with Crippen LogP contribution in [0.1, 0.15) is 36.3 Å². The number of halogens is 1. The Kier molecular flexibility index (Phi) is 4.46. The molecule has 1 fully saturated rings. The first-order valence-corrected chi connectivity index (χ1v) is 8.67. The second-order valence-corrected chi connectivity index (χ2v) is 6.60. The maximum Gasteiger partial charge on any atom is 0.160 e. The second kappa shape index (κ2) is 6.90. The third-order valence-electron chi connectivity index (χ3n) is 4.99. The van der Waals surface area contributed by atoms with E-state index < -0.39 is 6.10 Å². The van der Waals surface area contributed by atoms with Crippen molar-refractivity contribution in [2.75, 3.05) is 19.6 Å². The van der Waals surface area contributed by atoms with E-state index in [9.17, 15) is 9.50 Å². The maximum atomic E-state index is 13.8. The van der Waals surface area contributed by atoms with Crippen LogP contribution >= 0.6 is 0 Å². The average Bonchev–Trinajstić information content (AvgIpc) is 3.07.